The van der Waals surface area contributed by atoms with E-state index in [0.29, 0.717) is 4.90 Å². The molecular formula is C18H21F3N2S. The van der Waals surface area contributed by atoms with Crippen molar-refractivity contribution in [1.29, 1.82) is 0 Å². The van der Waals surface area contributed by atoms with E-state index < -0.39 is 11.7 Å². The Hall–Kier alpha value is -1.82. The fraction of sp³-hybridized carbons (Fsp3) is 0.333. The summed E-state index contributed by atoms with van der Waals surface area (Å²) >= 11 is 1.16. The molecule has 0 bridgehead atoms. The average molecular weight is 354 g/mol. The Morgan fingerprint density at radius 2 is 1.67 bits per heavy atom. The van der Waals surface area contributed by atoms with E-state index in [-0.39, 0.29) is 5.54 Å². The molecule has 2 N–H and O–H groups in total. The molecule has 0 saturated heterocycles. The van der Waals surface area contributed by atoms with E-state index in [9.17, 15) is 13.2 Å². The molecule has 0 fully saturated rings. The SMILES string of the molecule is Cc1ccc(NSc2cccc(C(F)(F)F)c2)cc1NC(C)(C)C. The van der Waals surface area contributed by atoms with Crippen LogP contribution in [0, 0.1) is 6.92 Å². The molecule has 2 nitrogen and oxygen atoms in total. The van der Waals surface area contributed by atoms with Crippen LogP contribution >= 0.6 is 11.9 Å². The third-order valence-electron chi connectivity index (χ3n) is 3.20. The lowest BCUT2D eigenvalue weighted by atomic mass is 10.1. The lowest BCUT2D eigenvalue weighted by molar-refractivity contribution is -0.137. The fourth-order valence-electron chi connectivity index (χ4n) is 2.08. The number of hydrogen-bond donors (Lipinski definition) is 2. The Morgan fingerprint density at radius 1 is 0.958 bits per heavy atom. The average Bonchev–Trinajstić information content (AvgIpc) is 2.46. The summed E-state index contributed by atoms with van der Waals surface area (Å²) in [5.41, 5.74) is 2.22. The second-order valence-corrected chi connectivity index (χ2v) is 7.51. The standard InChI is InChI=1S/C18H21F3N2S/c1-12-8-9-14(11-16(12)22-17(2,3)4)23-24-15-7-5-6-13(10-15)18(19,20)21/h5-11,22-23H,1-4H3. The van der Waals surface area contributed by atoms with Crippen molar-refractivity contribution in [3.05, 3.63) is 53.6 Å². The zero-order valence-corrected chi connectivity index (χ0v) is 14.9. The Bertz CT molecular complexity index is 706. The van der Waals surface area contributed by atoms with Crippen LogP contribution in [0.4, 0.5) is 24.5 Å². The smallest absolute Gasteiger partial charge is 0.380 e. The third-order valence-corrected chi connectivity index (χ3v) is 4.02. The van der Waals surface area contributed by atoms with Gasteiger partial charge in [-0.15, -0.1) is 0 Å². The first-order valence-corrected chi connectivity index (χ1v) is 8.35. The van der Waals surface area contributed by atoms with E-state index in [2.05, 4.69) is 30.8 Å². The Morgan fingerprint density at radius 3 is 2.29 bits per heavy atom. The summed E-state index contributed by atoms with van der Waals surface area (Å²) in [7, 11) is 0. The second-order valence-electron chi connectivity index (χ2n) is 6.63. The summed E-state index contributed by atoms with van der Waals surface area (Å²) in [6.45, 7) is 8.23. The molecule has 0 radical (unpaired) electrons. The first-order valence-electron chi connectivity index (χ1n) is 7.53. The lowest BCUT2D eigenvalue weighted by Gasteiger charge is -2.24. The summed E-state index contributed by atoms with van der Waals surface area (Å²) in [6, 6.07) is 11.1. The number of halogens is 3. The summed E-state index contributed by atoms with van der Waals surface area (Å²) in [5.74, 6) is 0. The van der Waals surface area contributed by atoms with E-state index in [1.807, 2.05) is 25.1 Å². The van der Waals surface area contributed by atoms with Gasteiger partial charge < -0.3 is 10.0 Å². The topological polar surface area (TPSA) is 24.1 Å². The predicted molar refractivity (Wildman–Crippen MR) is 95.5 cm³/mol. The van der Waals surface area contributed by atoms with Gasteiger partial charge in [0.15, 0.2) is 0 Å². The van der Waals surface area contributed by atoms with E-state index in [1.165, 1.54) is 6.07 Å². The molecule has 0 amide bonds. The van der Waals surface area contributed by atoms with Gasteiger partial charge >= 0.3 is 6.18 Å². The number of benzene rings is 2. The van der Waals surface area contributed by atoms with Crippen molar-refractivity contribution < 1.29 is 13.2 Å². The van der Waals surface area contributed by atoms with Crippen LogP contribution in [-0.4, -0.2) is 5.54 Å². The third kappa shape index (κ3) is 5.37. The van der Waals surface area contributed by atoms with E-state index in [4.69, 9.17) is 0 Å². The molecule has 0 saturated carbocycles. The molecule has 0 spiro atoms. The fourth-order valence-corrected chi connectivity index (χ4v) is 2.77. The molecule has 0 heterocycles. The molecule has 0 aliphatic rings. The van der Waals surface area contributed by atoms with Crippen molar-refractivity contribution in [1.82, 2.24) is 0 Å². The van der Waals surface area contributed by atoms with Crippen molar-refractivity contribution in [2.45, 2.75) is 44.3 Å². The maximum Gasteiger partial charge on any atom is 0.416 e. The maximum atomic E-state index is 12.7. The largest absolute Gasteiger partial charge is 0.416 e. The van der Waals surface area contributed by atoms with Gasteiger partial charge in [0.05, 0.1) is 5.56 Å². The van der Waals surface area contributed by atoms with Crippen LogP contribution in [-0.2, 0) is 6.18 Å². The molecule has 2 aromatic carbocycles. The molecule has 2 rings (SSSR count). The minimum Gasteiger partial charge on any atom is -0.380 e. The number of anilines is 2. The van der Waals surface area contributed by atoms with Gasteiger partial charge in [0.1, 0.15) is 0 Å². The highest BCUT2D eigenvalue weighted by Gasteiger charge is 2.30. The van der Waals surface area contributed by atoms with Crippen molar-refractivity contribution >= 4 is 23.3 Å². The Balaban J connectivity index is 2.11. The summed E-state index contributed by atoms with van der Waals surface area (Å²) in [4.78, 5) is 0.510. The number of alkyl halides is 3. The van der Waals surface area contributed by atoms with E-state index >= 15 is 0 Å². The van der Waals surface area contributed by atoms with Crippen molar-refractivity contribution in [3.8, 4) is 0 Å². The molecule has 0 aliphatic carbocycles. The molecule has 6 heteroatoms. The normalized spacial score (nSPS) is 12.1. The Labute approximate surface area is 145 Å². The van der Waals surface area contributed by atoms with Crippen molar-refractivity contribution in [3.63, 3.8) is 0 Å². The van der Waals surface area contributed by atoms with Gasteiger partial charge in [0.25, 0.3) is 0 Å². The molecule has 0 aromatic heterocycles. The monoisotopic (exact) mass is 354 g/mol. The molecule has 0 aliphatic heterocycles. The molecular weight excluding hydrogens is 333 g/mol. The van der Waals surface area contributed by atoms with Gasteiger partial charge in [-0.05, 0) is 75.5 Å². The zero-order chi connectivity index (χ0) is 18.0. The molecule has 0 atom stereocenters. The van der Waals surface area contributed by atoms with Gasteiger partial charge in [-0.25, -0.2) is 0 Å². The minimum absolute atomic E-state index is 0.0719. The predicted octanol–water partition coefficient (Wildman–Crippen LogP) is 6.34. The highest BCUT2D eigenvalue weighted by Crippen LogP contribution is 2.32. The van der Waals surface area contributed by atoms with Crippen LogP contribution < -0.4 is 10.0 Å². The van der Waals surface area contributed by atoms with Crippen LogP contribution in [0.5, 0.6) is 0 Å². The highest BCUT2D eigenvalue weighted by molar-refractivity contribution is 8.00. The minimum atomic E-state index is -4.33. The summed E-state index contributed by atoms with van der Waals surface area (Å²) in [5, 5.41) is 3.42. The lowest BCUT2D eigenvalue weighted by Crippen LogP contribution is -2.26. The molecule has 24 heavy (non-hydrogen) atoms. The van der Waals surface area contributed by atoms with Crippen LogP contribution in [0.3, 0.4) is 0 Å². The van der Waals surface area contributed by atoms with Gasteiger partial charge in [0, 0.05) is 21.8 Å². The van der Waals surface area contributed by atoms with Crippen LogP contribution in [0.25, 0.3) is 0 Å². The zero-order valence-electron chi connectivity index (χ0n) is 14.1. The van der Waals surface area contributed by atoms with E-state index in [1.54, 1.807) is 6.07 Å². The van der Waals surface area contributed by atoms with Gasteiger partial charge in [-0.2, -0.15) is 13.2 Å². The van der Waals surface area contributed by atoms with E-state index in [0.717, 1.165) is 41.0 Å². The first-order chi connectivity index (χ1) is 11.0. The summed E-state index contributed by atoms with van der Waals surface area (Å²) in [6.07, 6.45) is -4.33. The number of rotatable bonds is 4. The van der Waals surface area contributed by atoms with Crippen molar-refractivity contribution in [2.24, 2.45) is 0 Å². The van der Waals surface area contributed by atoms with Gasteiger partial charge in [-0.3, -0.25) is 0 Å². The molecule has 2 aromatic rings. The second kappa shape index (κ2) is 6.97. The Kier molecular flexibility index (Phi) is 5.38. The number of nitrogens with one attached hydrogen (secondary N) is 2. The summed E-state index contributed by atoms with van der Waals surface area (Å²) < 4.78 is 41.3. The maximum absolute atomic E-state index is 12.7. The van der Waals surface area contributed by atoms with Crippen molar-refractivity contribution in [2.75, 3.05) is 10.0 Å². The first kappa shape index (κ1) is 18.5. The molecule has 0 unspecified atom stereocenters. The number of hydrogen-bond acceptors (Lipinski definition) is 3. The number of aryl methyl sites for hydroxylation is 1. The highest BCUT2D eigenvalue weighted by atomic mass is 32.2. The van der Waals surface area contributed by atoms with Gasteiger partial charge in [-0.1, -0.05) is 12.1 Å². The van der Waals surface area contributed by atoms with Crippen LogP contribution in [0.1, 0.15) is 31.9 Å². The van der Waals surface area contributed by atoms with Gasteiger partial charge in [0.2, 0.25) is 0 Å². The molecule has 130 valence electrons. The quantitative estimate of drug-likeness (QED) is 0.626. The van der Waals surface area contributed by atoms with Crippen LogP contribution in [0.2, 0.25) is 0 Å². The van der Waals surface area contributed by atoms with Crippen LogP contribution in [0.15, 0.2) is 47.4 Å².